The van der Waals surface area contributed by atoms with E-state index in [9.17, 15) is 4.79 Å². The summed E-state index contributed by atoms with van der Waals surface area (Å²) in [7, 11) is 0. The van der Waals surface area contributed by atoms with Crippen molar-refractivity contribution < 1.29 is 9.53 Å². The summed E-state index contributed by atoms with van der Waals surface area (Å²) in [5, 5.41) is 0. The molecule has 0 unspecified atom stereocenters. The molecule has 0 aliphatic carbocycles. The first-order valence-electron chi connectivity index (χ1n) is 3.69. The normalized spacial score (nSPS) is 10.8. The lowest BCUT2D eigenvalue weighted by atomic mass is 10.3. The van der Waals surface area contributed by atoms with Gasteiger partial charge in [-0.25, -0.2) is 4.79 Å². The van der Waals surface area contributed by atoms with Crippen molar-refractivity contribution in [3.8, 4) is 0 Å². The van der Waals surface area contributed by atoms with Gasteiger partial charge < -0.3 is 4.74 Å². The van der Waals surface area contributed by atoms with Crippen LogP contribution >= 0.6 is 0 Å². The molecular weight excluding hydrogens is 152 g/mol. The van der Waals surface area contributed by atoms with Gasteiger partial charge in [0.15, 0.2) is 0 Å². The molecular formula is C10H14O2. The van der Waals surface area contributed by atoms with Crippen LogP contribution in [-0.2, 0) is 9.53 Å². The fourth-order valence-corrected chi connectivity index (χ4v) is 0.397. The van der Waals surface area contributed by atoms with Gasteiger partial charge in [0.1, 0.15) is 5.76 Å². The van der Waals surface area contributed by atoms with E-state index in [0.29, 0.717) is 16.9 Å². The highest BCUT2D eigenvalue weighted by Gasteiger charge is 2.06. The predicted molar refractivity (Wildman–Crippen MR) is 49.5 cm³/mol. The van der Waals surface area contributed by atoms with Gasteiger partial charge in [-0.2, -0.15) is 0 Å². The molecule has 0 aromatic carbocycles. The Hall–Kier alpha value is -1.31. The van der Waals surface area contributed by atoms with Gasteiger partial charge in [0.2, 0.25) is 0 Å². The van der Waals surface area contributed by atoms with E-state index >= 15 is 0 Å². The lowest BCUT2D eigenvalue weighted by Gasteiger charge is -2.05. The third-order valence-corrected chi connectivity index (χ3v) is 1.45. The molecule has 0 aromatic rings. The summed E-state index contributed by atoms with van der Waals surface area (Å²) in [6.07, 6.45) is 1.69. The van der Waals surface area contributed by atoms with E-state index in [-0.39, 0.29) is 5.97 Å². The van der Waals surface area contributed by atoms with Gasteiger partial charge in [-0.1, -0.05) is 19.2 Å². The second-order valence-corrected chi connectivity index (χ2v) is 2.56. The third kappa shape index (κ3) is 3.19. The van der Waals surface area contributed by atoms with Gasteiger partial charge in [-0.15, -0.1) is 0 Å². The van der Waals surface area contributed by atoms with Gasteiger partial charge >= 0.3 is 5.97 Å². The first-order chi connectivity index (χ1) is 5.49. The van der Waals surface area contributed by atoms with Crippen LogP contribution in [0.3, 0.4) is 0 Å². The molecule has 0 N–H and O–H groups in total. The number of carbonyl (C=O) groups excluding carboxylic acids is 1. The van der Waals surface area contributed by atoms with Crippen molar-refractivity contribution in [1.29, 1.82) is 0 Å². The third-order valence-electron chi connectivity index (χ3n) is 1.45. The van der Waals surface area contributed by atoms with Crippen LogP contribution in [0.25, 0.3) is 0 Å². The number of hydrogen-bond acceptors (Lipinski definition) is 2. The van der Waals surface area contributed by atoms with E-state index in [4.69, 9.17) is 4.74 Å². The average Bonchev–Trinajstić information content (AvgIpc) is 2.02. The lowest BCUT2D eigenvalue weighted by Crippen LogP contribution is -2.05. The molecule has 0 heterocycles. The van der Waals surface area contributed by atoms with Crippen LogP contribution in [0.4, 0.5) is 0 Å². The summed E-state index contributed by atoms with van der Waals surface area (Å²) in [5.74, 6) is -0.0494. The molecule has 66 valence electrons. The molecule has 0 aliphatic heterocycles. The van der Waals surface area contributed by atoms with Crippen LogP contribution in [0.15, 0.2) is 36.1 Å². The Morgan fingerprint density at radius 2 is 1.83 bits per heavy atom. The molecule has 0 saturated heterocycles. The summed E-state index contributed by atoms with van der Waals surface area (Å²) in [4.78, 5) is 11.1. The van der Waals surface area contributed by atoms with Gasteiger partial charge in [-0.05, 0) is 26.3 Å². The van der Waals surface area contributed by atoms with Crippen molar-refractivity contribution in [3.63, 3.8) is 0 Å². The first kappa shape index (κ1) is 10.7. The quantitative estimate of drug-likeness (QED) is 0.279. The van der Waals surface area contributed by atoms with Crippen LogP contribution in [0.5, 0.6) is 0 Å². The fourth-order valence-electron chi connectivity index (χ4n) is 0.397. The average molecular weight is 166 g/mol. The van der Waals surface area contributed by atoms with Crippen molar-refractivity contribution in [2.75, 3.05) is 0 Å². The summed E-state index contributed by atoms with van der Waals surface area (Å²) < 4.78 is 4.86. The summed E-state index contributed by atoms with van der Waals surface area (Å²) in [6, 6.07) is 0. The molecule has 0 atom stereocenters. The predicted octanol–water partition coefficient (Wildman–Crippen LogP) is 2.59. The van der Waals surface area contributed by atoms with E-state index < -0.39 is 0 Å². The monoisotopic (exact) mass is 166 g/mol. The fraction of sp³-hybridized carbons (Fsp3) is 0.300. The number of allylic oxidation sites excluding steroid dienone is 2. The maximum absolute atomic E-state index is 11.1. The molecule has 2 nitrogen and oxygen atoms in total. The van der Waals surface area contributed by atoms with Crippen LogP contribution in [0.2, 0.25) is 0 Å². The minimum Gasteiger partial charge on any atom is -0.424 e. The maximum atomic E-state index is 11.1. The Bertz CT molecular complexity index is 247. The summed E-state index contributed by atoms with van der Waals surface area (Å²) in [5.41, 5.74) is 1.23. The highest BCUT2D eigenvalue weighted by Crippen LogP contribution is 2.08. The van der Waals surface area contributed by atoms with Crippen molar-refractivity contribution >= 4 is 5.97 Å². The van der Waals surface area contributed by atoms with E-state index in [0.717, 1.165) is 0 Å². The Balaban J connectivity index is 4.21. The van der Waals surface area contributed by atoms with Gasteiger partial charge in [0, 0.05) is 5.57 Å². The standard InChI is InChI=1S/C10H14O2/c1-6-8(4)10(11)12-9(5)7(2)3/h6H,2,5H2,1,3-4H3. The van der Waals surface area contributed by atoms with E-state index in [1.165, 1.54) is 0 Å². The molecule has 0 saturated carbocycles. The number of carbonyl (C=O) groups is 1. The molecule has 0 fully saturated rings. The van der Waals surface area contributed by atoms with E-state index in [1.807, 2.05) is 0 Å². The van der Waals surface area contributed by atoms with Gasteiger partial charge in [0.05, 0.1) is 0 Å². The number of ether oxygens (including phenoxy) is 1. The van der Waals surface area contributed by atoms with Gasteiger partial charge in [0.25, 0.3) is 0 Å². The highest BCUT2D eigenvalue weighted by atomic mass is 16.5. The van der Waals surface area contributed by atoms with Crippen molar-refractivity contribution in [2.24, 2.45) is 0 Å². The summed E-state index contributed by atoms with van der Waals surface area (Å²) >= 11 is 0. The Labute approximate surface area is 73.2 Å². The Morgan fingerprint density at radius 3 is 2.17 bits per heavy atom. The van der Waals surface area contributed by atoms with E-state index in [2.05, 4.69) is 13.2 Å². The lowest BCUT2D eigenvalue weighted by molar-refractivity contribution is -0.134. The first-order valence-corrected chi connectivity index (χ1v) is 3.69. The van der Waals surface area contributed by atoms with Gasteiger partial charge in [-0.3, -0.25) is 0 Å². The molecule has 0 bridgehead atoms. The van der Waals surface area contributed by atoms with Crippen molar-refractivity contribution in [3.05, 3.63) is 36.1 Å². The number of esters is 1. The zero-order valence-corrected chi connectivity index (χ0v) is 7.81. The minimum absolute atomic E-state index is 0.321. The zero-order chi connectivity index (χ0) is 9.72. The number of rotatable bonds is 3. The summed E-state index contributed by atoms with van der Waals surface area (Å²) in [6.45, 7) is 12.3. The second-order valence-electron chi connectivity index (χ2n) is 2.56. The van der Waals surface area contributed by atoms with Crippen LogP contribution in [0.1, 0.15) is 20.8 Å². The molecule has 12 heavy (non-hydrogen) atoms. The van der Waals surface area contributed by atoms with Crippen LogP contribution in [-0.4, -0.2) is 5.97 Å². The Morgan fingerprint density at radius 1 is 1.33 bits per heavy atom. The topological polar surface area (TPSA) is 26.3 Å². The molecule has 2 heteroatoms. The molecule has 0 radical (unpaired) electrons. The molecule has 0 rings (SSSR count). The maximum Gasteiger partial charge on any atom is 0.338 e. The largest absolute Gasteiger partial charge is 0.424 e. The molecule has 0 aromatic heterocycles. The number of hydrogen-bond donors (Lipinski definition) is 0. The second kappa shape index (κ2) is 4.54. The molecule has 0 aliphatic rings. The van der Waals surface area contributed by atoms with Crippen LogP contribution in [0, 0.1) is 0 Å². The van der Waals surface area contributed by atoms with Crippen molar-refractivity contribution in [1.82, 2.24) is 0 Å². The highest BCUT2D eigenvalue weighted by molar-refractivity contribution is 5.88. The van der Waals surface area contributed by atoms with E-state index in [1.54, 1.807) is 26.8 Å². The molecule has 0 spiro atoms. The zero-order valence-electron chi connectivity index (χ0n) is 7.81. The van der Waals surface area contributed by atoms with Crippen LogP contribution < -0.4 is 0 Å². The van der Waals surface area contributed by atoms with Crippen molar-refractivity contribution in [2.45, 2.75) is 20.8 Å². The smallest absolute Gasteiger partial charge is 0.338 e. The molecule has 0 amide bonds. The Kier molecular flexibility index (Phi) is 4.05. The minimum atomic E-state index is -0.370. The SMILES string of the molecule is C=C(C)C(=C)OC(=O)C(C)=CC.